The Labute approximate surface area is 139 Å². The van der Waals surface area contributed by atoms with E-state index in [1.807, 2.05) is 6.92 Å². The predicted molar refractivity (Wildman–Crippen MR) is 87.2 cm³/mol. The van der Waals surface area contributed by atoms with Crippen molar-refractivity contribution >= 4 is 23.3 Å². The lowest BCUT2D eigenvalue weighted by Crippen LogP contribution is -2.38. The van der Waals surface area contributed by atoms with Crippen molar-refractivity contribution in [2.75, 3.05) is 19.0 Å². The molecule has 0 bridgehead atoms. The Morgan fingerprint density at radius 1 is 1.42 bits per heavy atom. The van der Waals surface area contributed by atoms with Crippen molar-refractivity contribution in [1.29, 1.82) is 0 Å². The van der Waals surface area contributed by atoms with Gasteiger partial charge in [0.2, 0.25) is 5.91 Å². The van der Waals surface area contributed by atoms with E-state index in [4.69, 9.17) is 9.84 Å². The van der Waals surface area contributed by atoms with E-state index in [2.05, 4.69) is 10.6 Å². The van der Waals surface area contributed by atoms with Crippen molar-refractivity contribution in [3.8, 4) is 5.75 Å². The number of aliphatic carboxylic acids is 1. The molecule has 1 unspecified atom stereocenters. The number of nitrogens with zero attached hydrogens (tertiary/aromatic N) is 1. The molecule has 1 aromatic carbocycles. The number of carboxylic acid groups (broad SMARTS) is 1. The second-order valence-corrected chi connectivity index (χ2v) is 5.07. The maximum atomic E-state index is 11.9. The molecule has 0 fully saturated rings. The Morgan fingerprint density at radius 3 is 2.67 bits per heavy atom. The van der Waals surface area contributed by atoms with Gasteiger partial charge in [-0.25, -0.2) is 0 Å². The molecule has 9 heteroatoms. The van der Waals surface area contributed by atoms with Gasteiger partial charge >= 0.3 is 5.97 Å². The highest BCUT2D eigenvalue weighted by molar-refractivity contribution is 5.92. The van der Waals surface area contributed by atoms with E-state index in [1.165, 1.54) is 25.3 Å². The van der Waals surface area contributed by atoms with Gasteiger partial charge in [-0.3, -0.25) is 19.7 Å². The lowest BCUT2D eigenvalue weighted by Gasteiger charge is -2.14. The Hall–Kier alpha value is -2.68. The van der Waals surface area contributed by atoms with Gasteiger partial charge in [-0.05, 0) is 12.5 Å². The number of carbonyl (C=O) groups excluding carboxylic acids is 1. The van der Waals surface area contributed by atoms with Crippen LogP contribution in [-0.2, 0) is 9.59 Å². The topological polar surface area (TPSA) is 131 Å². The average Bonchev–Trinajstić information content (AvgIpc) is 2.54. The van der Waals surface area contributed by atoms with Gasteiger partial charge in [0.1, 0.15) is 11.8 Å². The molecule has 0 aromatic heterocycles. The van der Waals surface area contributed by atoms with Crippen LogP contribution in [0.2, 0.25) is 0 Å². The first-order valence-electron chi connectivity index (χ1n) is 7.47. The minimum absolute atomic E-state index is 0.0631. The van der Waals surface area contributed by atoms with Crippen LogP contribution in [0.5, 0.6) is 5.75 Å². The van der Waals surface area contributed by atoms with Gasteiger partial charge < -0.3 is 20.5 Å². The van der Waals surface area contributed by atoms with Crippen molar-refractivity contribution in [2.45, 2.75) is 32.2 Å². The number of carboxylic acids is 1. The summed E-state index contributed by atoms with van der Waals surface area (Å²) >= 11 is 0. The molecule has 0 spiro atoms. The number of nitro benzene ring substituents is 1. The maximum absolute atomic E-state index is 11.9. The molecule has 24 heavy (non-hydrogen) atoms. The van der Waals surface area contributed by atoms with E-state index in [9.17, 15) is 19.7 Å². The average molecular weight is 339 g/mol. The van der Waals surface area contributed by atoms with Crippen molar-refractivity contribution in [3.63, 3.8) is 0 Å². The highest BCUT2D eigenvalue weighted by atomic mass is 16.6. The Morgan fingerprint density at radius 2 is 2.12 bits per heavy atom. The third-order valence-electron chi connectivity index (χ3n) is 3.29. The largest absolute Gasteiger partial charge is 0.494 e. The van der Waals surface area contributed by atoms with Crippen LogP contribution in [0.25, 0.3) is 0 Å². The molecule has 0 saturated carbocycles. The summed E-state index contributed by atoms with van der Waals surface area (Å²) in [6, 6.07) is 3.18. The van der Waals surface area contributed by atoms with E-state index in [-0.39, 0.29) is 30.3 Å². The van der Waals surface area contributed by atoms with Gasteiger partial charge in [-0.15, -0.1) is 0 Å². The van der Waals surface area contributed by atoms with Gasteiger partial charge in [0, 0.05) is 19.0 Å². The molecule has 9 nitrogen and oxygen atoms in total. The molecule has 1 amide bonds. The maximum Gasteiger partial charge on any atom is 0.320 e. The lowest BCUT2D eigenvalue weighted by atomic mass is 10.1. The molecule has 3 N–H and O–H groups in total. The summed E-state index contributed by atoms with van der Waals surface area (Å²) in [6.45, 7) is 2.09. The van der Waals surface area contributed by atoms with Crippen LogP contribution in [0.15, 0.2) is 18.2 Å². The van der Waals surface area contributed by atoms with Crippen molar-refractivity contribution in [3.05, 3.63) is 28.3 Å². The number of methoxy groups -OCH3 is 1. The summed E-state index contributed by atoms with van der Waals surface area (Å²) in [5.74, 6) is -1.12. The van der Waals surface area contributed by atoms with Crippen LogP contribution in [-0.4, -0.2) is 41.6 Å². The SMILES string of the molecule is CCCC(NCCC(=O)Nc1ccc([N+](=O)[O-])cc1OC)C(=O)O. The van der Waals surface area contributed by atoms with Crippen molar-refractivity contribution < 1.29 is 24.4 Å². The Balaban J connectivity index is 2.59. The molecule has 1 rings (SSSR count). The number of hydrogen-bond donors (Lipinski definition) is 3. The summed E-state index contributed by atoms with van der Waals surface area (Å²) in [5.41, 5.74) is 0.173. The number of ether oxygens (including phenoxy) is 1. The lowest BCUT2D eigenvalue weighted by molar-refractivity contribution is -0.384. The molecule has 0 heterocycles. The number of rotatable bonds is 10. The first kappa shape index (κ1) is 19.4. The van der Waals surface area contributed by atoms with Crippen LogP contribution >= 0.6 is 0 Å². The van der Waals surface area contributed by atoms with Gasteiger partial charge in [-0.2, -0.15) is 0 Å². The van der Waals surface area contributed by atoms with Crippen LogP contribution in [0, 0.1) is 10.1 Å². The van der Waals surface area contributed by atoms with E-state index >= 15 is 0 Å². The summed E-state index contributed by atoms with van der Waals surface area (Å²) in [6.07, 6.45) is 1.26. The monoisotopic (exact) mass is 339 g/mol. The zero-order chi connectivity index (χ0) is 18.1. The van der Waals surface area contributed by atoms with Crippen LogP contribution < -0.4 is 15.4 Å². The number of nitro groups is 1. The quantitative estimate of drug-likeness (QED) is 0.437. The van der Waals surface area contributed by atoms with E-state index < -0.39 is 16.9 Å². The summed E-state index contributed by atoms with van der Waals surface area (Å²) in [5, 5.41) is 25.1. The van der Waals surface area contributed by atoms with Gasteiger partial charge in [0.15, 0.2) is 0 Å². The first-order chi connectivity index (χ1) is 11.4. The van der Waals surface area contributed by atoms with Crippen LogP contribution in [0.3, 0.4) is 0 Å². The fourth-order valence-electron chi connectivity index (χ4n) is 2.07. The predicted octanol–water partition coefficient (Wildman–Crippen LogP) is 1.77. The van der Waals surface area contributed by atoms with Gasteiger partial charge in [0.25, 0.3) is 5.69 Å². The molecule has 132 valence electrons. The third kappa shape index (κ3) is 5.84. The zero-order valence-electron chi connectivity index (χ0n) is 13.6. The Bertz CT molecular complexity index is 605. The molecule has 0 aliphatic carbocycles. The van der Waals surface area contributed by atoms with E-state index in [1.54, 1.807) is 0 Å². The number of amides is 1. The summed E-state index contributed by atoms with van der Waals surface area (Å²) < 4.78 is 5.03. The minimum atomic E-state index is -0.950. The Kier molecular flexibility index (Phi) is 7.63. The zero-order valence-corrected chi connectivity index (χ0v) is 13.6. The standard InChI is InChI=1S/C15H21N3O6/c1-3-4-12(15(20)21)16-8-7-14(19)17-11-6-5-10(18(22)23)9-13(11)24-2/h5-6,9,12,16H,3-4,7-8H2,1-2H3,(H,17,19)(H,20,21). The fourth-order valence-corrected chi connectivity index (χ4v) is 2.07. The molecular weight excluding hydrogens is 318 g/mol. The number of carbonyl (C=O) groups is 2. The molecule has 1 aromatic rings. The number of benzene rings is 1. The summed E-state index contributed by atoms with van der Waals surface area (Å²) in [4.78, 5) is 33.1. The molecule has 0 saturated heterocycles. The second kappa shape index (κ2) is 9.46. The van der Waals surface area contributed by atoms with Crippen molar-refractivity contribution in [1.82, 2.24) is 5.32 Å². The van der Waals surface area contributed by atoms with E-state index in [0.29, 0.717) is 12.1 Å². The molecule has 1 atom stereocenters. The molecule has 0 radical (unpaired) electrons. The normalized spacial score (nSPS) is 11.6. The van der Waals surface area contributed by atoms with Crippen LogP contribution in [0.4, 0.5) is 11.4 Å². The fraction of sp³-hybridized carbons (Fsp3) is 0.467. The van der Waals surface area contributed by atoms with Gasteiger partial charge in [-0.1, -0.05) is 13.3 Å². The van der Waals surface area contributed by atoms with Crippen LogP contribution in [0.1, 0.15) is 26.2 Å². The third-order valence-corrected chi connectivity index (χ3v) is 3.29. The highest BCUT2D eigenvalue weighted by Gasteiger charge is 2.16. The summed E-state index contributed by atoms with van der Waals surface area (Å²) in [7, 11) is 1.35. The van der Waals surface area contributed by atoms with Gasteiger partial charge in [0.05, 0.1) is 23.8 Å². The van der Waals surface area contributed by atoms with Crippen molar-refractivity contribution in [2.24, 2.45) is 0 Å². The number of nitrogens with one attached hydrogen (secondary N) is 2. The number of hydrogen-bond acceptors (Lipinski definition) is 6. The number of anilines is 1. The highest BCUT2D eigenvalue weighted by Crippen LogP contribution is 2.28. The molecule has 0 aliphatic rings. The number of non-ortho nitro benzene ring substituents is 1. The second-order valence-electron chi connectivity index (χ2n) is 5.07. The van der Waals surface area contributed by atoms with E-state index in [0.717, 1.165) is 6.42 Å². The molecular formula is C15H21N3O6. The minimum Gasteiger partial charge on any atom is -0.494 e. The first-order valence-corrected chi connectivity index (χ1v) is 7.47. The smallest absolute Gasteiger partial charge is 0.320 e. The molecule has 0 aliphatic heterocycles.